The average Bonchev–Trinajstić information content (AvgIpc) is 2.70. The van der Waals surface area contributed by atoms with Crippen molar-refractivity contribution in [2.75, 3.05) is 5.32 Å². The Morgan fingerprint density at radius 2 is 1.50 bits per heavy atom. The van der Waals surface area contributed by atoms with Gasteiger partial charge in [0.05, 0.1) is 11.3 Å². The fraction of sp³-hybridized carbons (Fsp3) is 0.522. The Kier molecular flexibility index (Phi) is 9.66. The van der Waals surface area contributed by atoms with E-state index in [1.807, 2.05) is 12.1 Å². The molecule has 1 saturated carbocycles. The molecule has 0 aliphatic heterocycles. The smallest absolute Gasteiger partial charge is 0.267 e. The third-order valence-electron chi connectivity index (χ3n) is 5.23. The molecule has 1 aliphatic carbocycles. The van der Waals surface area contributed by atoms with Crippen LogP contribution in [0.15, 0.2) is 36.0 Å². The van der Waals surface area contributed by atoms with Gasteiger partial charge in [0.1, 0.15) is 17.7 Å². The van der Waals surface area contributed by atoms with Crippen molar-refractivity contribution in [2.45, 2.75) is 76.7 Å². The van der Waals surface area contributed by atoms with E-state index in [4.69, 9.17) is 5.26 Å². The minimum atomic E-state index is -0.495. The van der Waals surface area contributed by atoms with Crippen LogP contribution in [-0.4, -0.2) is 11.9 Å². The number of rotatable bonds is 4. The molecule has 0 aromatic heterocycles. The SMILES string of the molecule is N#C/C(=C/NC1CCCCCCCCCCC1)C(=O)Nc1ccccc1C#N. The number of nitrogens with one attached hydrogen (secondary N) is 2. The van der Waals surface area contributed by atoms with Gasteiger partial charge in [-0.05, 0) is 25.0 Å². The van der Waals surface area contributed by atoms with Crippen molar-refractivity contribution >= 4 is 11.6 Å². The largest absolute Gasteiger partial charge is 0.387 e. The second kappa shape index (κ2) is 12.6. The van der Waals surface area contributed by atoms with Gasteiger partial charge in [-0.15, -0.1) is 0 Å². The number of hydrogen-bond acceptors (Lipinski definition) is 4. The van der Waals surface area contributed by atoms with Crippen LogP contribution >= 0.6 is 0 Å². The van der Waals surface area contributed by atoms with E-state index in [-0.39, 0.29) is 5.57 Å². The Balaban J connectivity index is 1.96. The lowest BCUT2D eigenvalue weighted by Gasteiger charge is -2.18. The molecule has 2 N–H and O–H groups in total. The number of nitriles is 2. The summed E-state index contributed by atoms with van der Waals surface area (Å²) in [5.74, 6) is -0.495. The van der Waals surface area contributed by atoms with E-state index >= 15 is 0 Å². The maximum absolute atomic E-state index is 12.4. The molecule has 1 amide bonds. The molecule has 1 fully saturated rings. The molecule has 2 rings (SSSR count). The van der Waals surface area contributed by atoms with Gasteiger partial charge in [-0.25, -0.2) is 0 Å². The van der Waals surface area contributed by atoms with Crippen LogP contribution in [0.3, 0.4) is 0 Å². The third-order valence-corrected chi connectivity index (χ3v) is 5.23. The molecule has 5 heteroatoms. The van der Waals surface area contributed by atoms with Crippen LogP contribution in [0.25, 0.3) is 0 Å². The van der Waals surface area contributed by atoms with Crippen LogP contribution in [-0.2, 0) is 4.79 Å². The standard InChI is InChI=1S/C23H30N4O/c24-16-19-12-10-11-15-22(19)27-23(28)20(17-25)18-26-21-13-8-6-4-2-1-3-5-7-9-14-21/h10-12,15,18,21,26H,1-9,13-14H2,(H,27,28)/b20-18-. The first-order valence-electron chi connectivity index (χ1n) is 10.4. The Hall–Kier alpha value is -2.79. The summed E-state index contributed by atoms with van der Waals surface area (Å²) >= 11 is 0. The molecule has 148 valence electrons. The molecule has 1 aromatic carbocycles. The van der Waals surface area contributed by atoms with Crippen LogP contribution in [0.4, 0.5) is 5.69 Å². The maximum atomic E-state index is 12.4. The van der Waals surface area contributed by atoms with Gasteiger partial charge in [-0.2, -0.15) is 10.5 Å². The first kappa shape index (κ1) is 21.5. The fourth-order valence-corrected chi connectivity index (χ4v) is 3.56. The quantitative estimate of drug-likeness (QED) is 0.559. The van der Waals surface area contributed by atoms with Crippen LogP contribution < -0.4 is 10.6 Å². The average molecular weight is 379 g/mol. The molecular formula is C23H30N4O. The number of benzene rings is 1. The summed E-state index contributed by atoms with van der Waals surface area (Å²) in [5, 5.41) is 24.5. The van der Waals surface area contributed by atoms with Crippen molar-refractivity contribution in [1.82, 2.24) is 5.32 Å². The van der Waals surface area contributed by atoms with E-state index in [9.17, 15) is 10.1 Å². The summed E-state index contributed by atoms with van der Waals surface area (Å²) in [6.07, 6.45) is 15.1. The van der Waals surface area contributed by atoms with Gasteiger partial charge in [-0.3, -0.25) is 4.79 Å². The van der Waals surface area contributed by atoms with E-state index < -0.39 is 5.91 Å². The van der Waals surface area contributed by atoms with Crippen molar-refractivity contribution in [3.05, 3.63) is 41.6 Å². The summed E-state index contributed by atoms with van der Waals surface area (Å²) in [4.78, 5) is 12.4. The molecule has 5 nitrogen and oxygen atoms in total. The maximum Gasteiger partial charge on any atom is 0.267 e. The first-order valence-corrected chi connectivity index (χ1v) is 10.4. The normalized spacial score (nSPS) is 17.3. The molecule has 0 atom stereocenters. The van der Waals surface area contributed by atoms with E-state index in [0.717, 1.165) is 12.8 Å². The molecule has 0 unspecified atom stereocenters. The number of hydrogen-bond donors (Lipinski definition) is 2. The van der Waals surface area contributed by atoms with Gasteiger partial charge < -0.3 is 10.6 Å². The molecule has 0 saturated heterocycles. The highest BCUT2D eigenvalue weighted by Gasteiger charge is 2.13. The van der Waals surface area contributed by atoms with Crippen molar-refractivity contribution in [2.24, 2.45) is 0 Å². The minimum Gasteiger partial charge on any atom is -0.387 e. The summed E-state index contributed by atoms with van der Waals surface area (Å²) in [6.45, 7) is 0. The lowest BCUT2D eigenvalue weighted by atomic mass is 9.98. The lowest BCUT2D eigenvalue weighted by molar-refractivity contribution is -0.112. The Morgan fingerprint density at radius 1 is 0.929 bits per heavy atom. The number of carbonyl (C=O) groups is 1. The number of nitrogens with zero attached hydrogens (tertiary/aromatic N) is 2. The number of carbonyl (C=O) groups excluding carboxylic acids is 1. The molecule has 1 aliphatic rings. The zero-order valence-electron chi connectivity index (χ0n) is 16.5. The highest BCUT2D eigenvalue weighted by molar-refractivity contribution is 6.07. The van der Waals surface area contributed by atoms with Gasteiger partial charge in [-0.1, -0.05) is 69.9 Å². The molecule has 1 aromatic rings. The van der Waals surface area contributed by atoms with Gasteiger partial charge in [0.15, 0.2) is 0 Å². The lowest BCUT2D eigenvalue weighted by Crippen LogP contribution is -2.26. The molecule has 0 radical (unpaired) electrons. The van der Waals surface area contributed by atoms with Crippen molar-refractivity contribution in [1.29, 1.82) is 10.5 Å². The zero-order chi connectivity index (χ0) is 20.0. The highest BCUT2D eigenvalue weighted by Crippen LogP contribution is 2.18. The van der Waals surface area contributed by atoms with Crippen LogP contribution in [0.1, 0.15) is 76.2 Å². The van der Waals surface area contributed by atoms with Crippen molar-refractivity contribution in [3.8, 4) is 12.1 Å². The summed E-state index contributed by atoms with van der Waals surface area (Å²) < 4.78 is 0. The molecule has 0 heterocycles. The van der Waals surface area contributed by atoms with Crippen LogP contribution in [0, 0.1) is 22.7 Å². The second-order valence-corrected chi connectivity index (χ2v) is 7.40. The molecule has 28 heavy (non-hydrogen) atoms. The topological polar surface area (TPSA) is 88.7 Å². The van der Waals surface area contributed by atoms with E-state index in [1.54, 1.807) is 30.5 Å². The van der Waals surface area contributed by atoms with Gasteiger partial charge in [0.2, 0.25) is 0 Å². The molecular weight excluding hydrogens is 348 g/mol. The number of para-hydroxylation sites is 1. The zero-order valence-corrected chi connectivity index (χ0v) is 16.5. The Labute approximate surface area is 168 Å². The predicted octanol–water partition coefficient (Wildman–Crippen LogP) is 5.17. The molecule has 0 spiro atoms. The minimum absolute atomic E-state index is 0.0267. The van der Waals surface area contributed by atoms with Gasteiger partial charge in [0, 0.05) is 12.2 Å². The van der Waals surface area contributed by atoms with Crippen LogP contribution in [0.5, 0.6) is 0 Å². The number of anilines is 1. The van der Waals surface area contributed by atoms with Crippen molar-refractivity contribution < 1.29 is 4.79 Å². The van der Waals surface area contributed by atoms with Crippen LogP contribution in [0.2, 0.25) is 0 Å². The summed E-state index contributed by atoms with van der Waals surface area (Å²) in [5.41, 5.74) is 0.821. The second-order valence-electron chi connectivity index (χ2n) is 7.40. The molecule has 0 bridgehead atoms. The van der Waals surface area contributed by atoms with E-state index in [1.165, 1.54) is 57.8 Å². The Bertz CT molecular complexity index is 730. The third kappa shape index (κ3) is 7.45. The highest BCUT2D eigenvalue weighted by atomic mass is 16.1. The van der Waals surface area contributed by atoms with Gasteiger partial charge in [0.25, 0.3) is 5.91 Å². The van der Waals surface area contributed by atoms with Gasteiger partial charge >= 0.3 is 0 Å². The number of amides is 1. The predicted molar refractivity (Wildman–Crippen MR) is 111 cm³/mol. The van der Waals surface area contributed by atoms with Crippen molar-refractivity contribution in [3.63, 3.8) is 0 Å². The Morgan fingerprint density at radius 3 is 2.07 bits per heavy atom. The van der Waals surface area contributed by atoms with E-state index in [0.29, 0.717) is 17.3 Å². The monoisotopic (exact) mass is 378 g/mol. The fourth-order valence-electron chi connectivity index (χ4n) is 3.56. The summed E-state index contributed by atoms with van der Waals surface area (Å²) in [6, 6.07) is 11.1. The first-order chi connectivity index (χ1) is 13.7. The summed E-state index contributed by atoms with van der Waals surface area (Å²) in [7, 11) is 0. The van der Waals surface area contributed by atoms with E-state index in [2.05, 4.69) is 10.6 Å².